The molecule has 0 atom stereocenters. The van der Waals surface area contributed by atoms with Gasteiger partial charge in [0.1, 0.15) is 0 Å². The molecule has 0 spiro atoms. The average Bonchev–Trinajstić information content (AvgIpc) is 3.28. The van der Waals surface area contributed by atoms with Crippen LogP contribution in [0.1, 0.15) is 25.7 Å². The molecule has 1 N–H and O–H groups in total. The van der Waals surface area contributed by atoms with Crippen molar-refractivity contribution in [3.8, 4) is 11.4 Å². The lowest BCUT2D eigenvalue weighted by molar-refractivity contribution is -0.113. The number of rotatable bonds is 8. The molecule has 0 aliphatic heterocycles. The van der Waals surface area contributed by atoms with Crippen molar-refractivity contribution in [2.45, 2.75) is 31.5 Å². The van der Waals surface area contributed by atoms with Crippen molar-refractivity contribution < 1.29 is 9.21 Å². The Morgan fingerprint density at radius 3 is 2.76 bits per heavy atom. The summed E-state index contributed by atoms with van der Waals surface area (Å²) >= 11 is 13.5. The van der Waals surface area contributed by atoms with Gasteiger partial charge in [0.2, 0.25) is 11.8 Å². The summed E-state index contributed by atoms with van der Waals surface area (Å²) in [4.78, 5) is 12.2. The van der Waals surface area contributed by atoms with Gasteiger partial charge in [-0.25, -0.2) is 0 Å². The maximum Gasteiger partial charge on any atom is 0.322 e. The van der Waals surface area contributed by atoms with Crippen molar-refractivity contribution >= 4 is 46.9 Å². The summed E-state index contributed by atoms with van der Waals surface area (Å²) in [7, 11) is 0. The standard InChI is InChI=1S/C18H18Cl2N6O2S/c1-4-7-26-15(12-6-5-11(19)8-13(12)20)22-25-18(26)29-9-14(27)21-17-24-23-16(28-17)10(2)3/h4-6,8,10H,1,7,9H2,2-3H3,(H,21,24,27). The van der Waals surface area contributed by atoms with E-state index in [0.717, 1.165) is 0 Å². The van der Waals surface area contributed by atoms with Crippen LogP contribution in [0.2, 0.25) is 10.0 Å². The lowest BCUT2D eigenvalue weighted by Gasteiger charge is -2.09. The van der Waals surface area contributed by atoms with Gasteiger partial charge in [-0.3, -0.25) is 14.7 Å². The number of halogens is 2. The molecule has 2 heterocycles. The van der Waals surface area contributed by atoms with E-state index < -0.39 is 0 Å². The van der Waals surface area contributed by atoms with Gasteiger partial charge >= 0.3 is 6.01 Å². The Morgan fingerprint density at radius 2 is 2.10 bits per heavy atom. The maximum atomic E-state index is 12.2. The number of nitrogens with one attached hydrogen (secondary N) is 1. The molecule has 1 aromatic carbocycles. The second-order valence-electron chi connectivity index (χ2n) is 6.27. The molecule has 0 aliphatic rings. The van der Waals surface area contributed by atoms with Crippen molar-refractivity contribution in [3.63, 3.8) is 0 Å². The predicted molar refractivity (Wildman–Crippen MR) is 113 cm³/mol. The van der Waals surface area contributed by atoms with Crippen molar-refractivity contribution in [1.29, 1.82) is 0 Å². The largest absolute Gasteiger partial charge is 0.408 e. The minimum absolute atomic E-state index is 0.0699. The van der Waals surface area contributed by atoms with E-state index in [1.54, 1.807) is 24.3 Å². The molecule has 2 aromatic heterocycles. The van der Waals surface area contributed by atoms with E-state index >= 15 is 0 Å². The molecule has 8 nitrogen and oxygen atoms in total. The van der Waals surface area contributed by atoms with Gasteiger partial charge in [0.15, 0.2) is 11.0 Å². The maximum absolute atomic E-state index is 12.2. The Labute approximate surface area is 181 Å². The number of amides is 1. The number of hydrogen-bond acceptors (Lipinski definition) is 7. The zero-order valence-electron chi connectivity index (χ0n) is 15.7. The van der Waals surface area contributed by atoms with E-state index in [2.05, 4.69) is 32.3 Å². The average molecular weight is 453 g/mol. The summed E-state index contributed by atoms with van der Waals surface area (Å²) in [5, 5.41) is 20.2. The topological polar surface area (TPSA) is 98.7 Å². The molecule has 0 radical (unpaired) electrons. The Morgan fingerprint density at radius 1 is 1.31 bits per heavy atom. The van der Waals surface area contributed by atoms with Crippen LogP contribution in [0.5, 0.6) is 0 Å². The van der Waals surface area contributed by atoms with Crippen LogP contribution in [0, 0.1) is 0 Å². The second kappa shape index (κ2) is 9.43. The van der Waals surface area contributed by atoms with Crippen molar-refractivity contribution in [2.24, 2.45) is 0 Å². The van der Waals surface area contributed by atoms with E-state index in [-0.39, 0.29) is 23.6 Å². The second-order valence-corrected chi connectivity index (χ2v) is 8.05. The first-order valence-electron chi connectivity index (χ1n) is 8.64. The highest BCUT2D eigenvalue weighted by molar-refractivity contribution is 7.99. The molecule has 3 rings (SSSR count). The van der Waals surface area contributed by atoms with Gasteiger partial charge < -0.3 is 4.42 Å². The number of carbonyl (C=O) groups excluding carboxylic acids is 1. The van der Waals surface area contributed by atoms with Crippen molar-refractivity contribution in [1.82, 2.24) is 25.0 Å². The fraction of sp³-hybridized carbons (Fsp3) is 0.278. The smallest absolute Gasteiger partial charge is 0.322 e. The fourth-order valence-electron chi connectivity index (χ4n) is 2.36. The molecule has 0 unspecified atom stereocenters. The SMILES string of the molecule is C=CCn1c(SCC(=O)Nc2nnc(C(C)C)o2)nnc1-c1ccc(Cl)cc1Cl. The third-order valence-electron chi connectivity index (χ3n) is 3.71. The van der Waals surface area contributed by atoms with Gasteiger partial charge in [-0.15, -0.1) is 21.9 Å². The molecule has 0 saturated heterocycles. The molecule has 29 heavy (non-hydrogen) atoms. The van der Waals surface area contributed by atoms with Crippen LogP contribution in [0.3, 0.4) is 0 Å². The molecule has 0 bridgehead atoms. The summed E-state index contributed by atoms with van der Waals surface area (Å²) in [6.07, 6.45) is 1.71. The van der Waals surface area contributed by atoms with Crippen LogP contribution < -0.4 is 5.32 Å². The Balaban J connectivity index is 1.72. The summed E-state index contributed by atoms with van der Waals surface area (Å²) in [6.45, 7) is 8.07. The van der Waals surface area contributed by atoms with Crippen LogP contribution in [0.4, 0.5) is 6.01 Å². The lowest BCUT2D eigenvalue weighted by atomic mass is 10.2. The summed E-state index contributed by atoms with van der Waals surface area (Å²) in [5.41, 5.74) is 0.689. The van der Waals surface area contributed by atoms with Crippen LogP contribution >= 0.6 is 35.0 Å². The lowest BCUT2D eigenvalue weighted by Crippen LogP contribution is -2.15. The quantitative estimate of drug-likeness (QED) is 0.391. The first-order valence-corrected chi connectivity index (χ1v) is 10.4. The molecule has 0 saturated carbocycles. The van der Waals surface area contributed by atoms with Crippen molar-refractivity contribution in [3.05, 3.63) is 46.8 Å². The highest BCUT2D eigenvalue weighted by Gasteiger charge is 2.18. The summed E-state index contributed by atoms with van der Waals surface area (Å²) in [6, 6.07) is 5.21. The number of benzene rings is 1. The van der Waals surface area contributed by atoms with E-state index in [1.807, 2.05) is 18.4 Å². The van der Waals surface area contributed by atoms with Crippen LogP contribution in [-0.4, -0.2) is 36.6 Å². The van der Waals surface area contributed by atoms with E-state index in [4.69, 9.17) is 27.6 Å². The number of thioether (sulfide) groups is 1. The highest BCUT2D eigenvalue weighted by atomic mass is 35.5. The third kappa shape index (κ3) is 5.17. The highest BCUT2D eigenvalue weighted by Crippen LogP contribution is 2.31. The summed E-state index contributed by atoms with van der Waals surface area (Å²) in [5.74, 6) is 0.894. The fourth-order valence-corrected chi connectivity index (χ4v) is 3.60. The Hall–Kier alpha value is -2.36. The summed E-state index contributed by atoms with van der Waals surface area (Å²) < 4.78 is 7.20. The van der Waals surface area contributed by atoms with Gasteiger partial charge in [-0.1, -0.05) is 60.0 Å². The molecule has 11 heteroatoms. The number of anilines is 1. The van der Waals surface area contributed by atoms with Gasteiger partial charge in [0.05, 0.1) is 10.8 Å². The zero-order valence-corrected chi connectivity index (χ0v) is 18.1. The monoisotopic (exact) mass is 452 g/mol. The minimum Gasteiger partial charge on any atom is -0.408 e. The normalized spacial score (nSPS) is 11.1. The van der Waals surface area contributed by atoms with E-state index in [0.29, 0.717) is 39.0 Å². The first-order chi connectivity index (χ1) is 13.9. The third-order valence-corrected chi connectivity index (χ3v) is 5.23. The van der Waals surface area contributed by atoms with Crippen molar-refractivity contribution in [2.75, 3.05) is 11.1 Å². The van der Waals surface area contributed by atoms with Gasteiger partial charge in [-0.2, -0.15) is 0 Å². The molecule has 0 fully saturated rings. The Bertz CT molecular complexity index is 1030. The molecule has 0 aliphatic carbocycles. The molecule has 3 aromatic rings. The molecular weight excluding hydrogens is 435 g/mol. The van der Waals surface area contributed by atoms with Crippen LogP contribution in [0.15, 0.2) is 40.4 Å². The molecule has 1 amide bonds. The van der Waals surface area contributed by atoms with Gasteiger partial charge in [0.25, 0.3) is 0 Å². The van der Waals surface area contributed by atoms with Crippen LogP contribution in [-0.2, 0) is 11.3 Å². The minimum atomic E-state index is -0.298. The van der Waals surface area contributed by atoms with E-state index in [9.17, 15) is 4.79 Å². The van der Waals surface area contributed by atoms with E-state index in [1.165, 1.54) is 11.8 Å². The van der Waals surface area contributed by atoms with Gasteiger partial charge in [0, 0.05) is 23.0 Å². The first kappa shape index (κ1) is 21.4. The molecule has 152 valence electrons. The number of hydrogen-bond donors (Lipinski definition) is 1. The zero-order chi connectivity index (χ0) is 21.0. The number of aromatic nitrogens is 5. The number of nitrogens with zero attached hydrogens (tertiary/aromatic N) is 5. The number of carbonyl (C=O) groups is 1. The van der Waals surface area contributed by atoms with Gasteiger partial charge in [-0.05, 0) is 18.2 Å². The number of allylic oxidation sites excluding steroid dienone is 1. The molecular formula is C18H18Cl2N6O2S. The van der Waals surface area contributed by atoms with Crippen LogP contribution in [0.25, 0.3) is 11.4 Å². The predicted octanol–water partition coefficient (Wildman–Crippen LogP) is 4.68. The Kier molecular flexibility index (Phi) is 6.94.